The second-order valence-corrected chi connectivity index (χ2v) is 3.91. The van der Waals surface area contributed by atoms with Gasteiger partial charge < -0.3 is 59.2 Å². The summed E-state index contributed by atoms with van der Waals surface area (Å²) in [6.45, 7) is 2.77. The first-order chi connectivity index (χ1) is 6.04. The summed E-state index contributed by atoms with van der Waals surface area (Å²) in [5.74, 6) is 0. The molecule has 7 heteroatoms. The molecule has 0 aliphatic carbocycles. The van der Waals surface area contributed by atoms with Gasteiger partial charge in [-0.05, 0) is 6.42 Å². The van der Waals surface area contributed by atoms with E-state index in [2.05, 4.69) is 61.4 Å². The molecule has 0 aliphatic heterocycles. The van der Waals surface area contributed by atoms with Crippen LogP contribution in [0.4, 0.5) is 0 Å². The summed E-state index contributed by atoms with van der Waals surface area (Å²) in [6, 6.07) is 0. The molecule has 14 heavy (non-hydrogen) atoms. The topological polar surface area (TPSA) is 18.5 Å². The predicted octanol–water partition coefficient (Wildman–Crippen LogP) is 2.10. The fraction of sp³-hybridized carbons (Fsp3) is 0.714. The van der Waals surface area contributed by atoms with Crippen molar-refractivity contribution in [1.29, 1.82) is 0 Å². The van der Waals surface area contributed by atoms with Gasteiger partial charge in [-0.25, -0.2) is 0 Å². The van der Waals surface area contributed by atoms with Crippen molar-refractivity contribution < 1.29 is 29.0 Å². The minimum absolute atomic E-state index is 0. The zero-order valence-corrected chi connectivity index (χ0v) is 14.5. The minimum Gasteiger partial charge on any atom is -0.517 e. The zero-order valence-electron chi connectivity index (χ0n) is 8.28. The first kappa shape index (κ1) is 20.3. The van der Waals surface area contributed by atoms with Crippen LogP contribution in [0.5, 0.6) is 0 Å². The molecule has 0 aromatic rings. The maximum Gasteiger partial charge on any atom is 2.00 e. The van der Waals surface area contributed by atoms with Crippen LogP contribution < -0.4 is 0 Å². The van der Waals surface area contributed by atoms with Gasteiger partial charge in [0.1, 0.15) is 0 Å². The number of hydrogen-bond acceptors (Lipinski definition) is 6. The minimum atomic E-state index is 0. The van der Waals surface area contributed by atoms with Gasteiger partial charge >= 0.3 is 19.5 Å². The molecule has 0 amide bonds. The Kier molecular flexibility index (Phi) is 23.6. The monoisotopic (exact) mass is 320 g/mol. The Balaban J connectivity index is -0.000000177. The summed E-state index contributed by atoms with van der Waals surface area (Å²) in [7, 11) is 1.45. The van der Waals surface area contributed by atoms with E-state index in [0.29, 0.717) is 6.61 Å². The molecule has 78 valence electrons. The maximum absolute atomic E-state index is 4.83. The molecule has 2 nitrogen and oxygen atoms in total. The van der Waals surface area contributed by atoms with E-state index >= 15 is 0 Å². The molecule has 0 unspecified atom stereocenters. The van der Waals surface area contributed by atoms with E-state index < -0.39 is 0 Å². The van der Waals surface area contributed by atoms with Crippen molar-refractivity contribution in [3.05, 3.63) is 0 Å². The summed E-state index contributed by atoms with van der Waals surface area (Å²) in [4.78, 5) is 0. The van der Waals surface area contributed by atoms with Crippen LogP contribution in [0.3, 0.4) is 0 Å². The van der Waals surface area contributed by atoms with Crippen molar-refractivity contribution in [2.75, 3.05) is 13.7 Å². The second kappa shape index (κ2) is 16.3. The van der Waals surface area contributed by atoms with E-state index in [9.17, 15) is 0 Å². The van der Waals surface area contributed by atoms with Gasteiger partial charge in [0.2, 0.25) is 0 Å². The van der Waals surface area contributed by atoms with E-state index in [1.54, 1.807) is 0 Å². The van der Waals surface area contributed by atoms with Crippen LogP contribution in [0, 0.1) is 0 Å². The molecule has 0 atom stereocenters. The molecule has 0 saturated carbocycles. The molecular formula is C7H12O2S4Zn. The van der Waals surface area contributed by atoms with Crippen molar-refractivity contribution >= 4 is 58.5 Å². The summed E-state index contributed by atoms with van der Waals surface area (Å²) in [5, 5.41) is 0. The summed E-state index contributed by atoms with van der Waals surface area (Å²) in [5.41, 5.74) is 0. The fourth-order valence-corrected chi connectivity index (χ4v) is 0.467. The van der Waals surface area contributed by atoms with Crippen LogP contribution in [0.2, 0.25) is 0 Å². The predicted molar refractivity (Wildman–Crippen MR) is 67.8 cm³/mol. The normalized spacial score (nSPS) is 7.29. The van der Waals surface area contributed by atoms with E-state index in [0.717, 1.165) is 12.8 Å². The average molecular weight is 322 g/mol. The molecule has 0 spiro atoms. The third-order valence-electron chi connectivity index (χ3n) is 0.884. The summed E-state index contributed by atoms with van der Waals surface area (Å²) in [6.07, 6.45) is 2.16. The molecule has 0 radical (unpaired) electrons. The molecule has 0 rings (SSSR count). The smallest absolute Gasteiger partial charge is 0.517 e. The van der Waals surface area contributed by atoms with Crippen molar-refractivity contribution in [1.82, 2.24) is 0 Å². The Hall–Kier alpha value is 0.843. The van der Waals surface area contributed by atoms with Crippen LogP contribution in [0.1, 0.15) is 19.8 Å². The standard InChI is InChI=1S/C5H10OS2.C2H4OS2.Zn/c1-2-3-4-6-5(7)8;1-3-2(4)5;/h2-4H2,1H3,(H,7,8);1H3,(H,4,5);/q;;+2/p-2. The largest absolute Gasteiger partial charge is 2.00 e. The van der Waals surface area contributed by atoms with Gasteiger partial charge in [-0.2, -0.15) is 0 Å². The molecule has 0 bridgehead atoms. The van der Waals surface area contributed by atoms with Crippen molar-refractivity contribution in [3.8, 4) is 0 Å². The van der Waals surface area contributed by atoms with Crippen molar-refractivity contribution in [2.45, 2.75) is 19.8 Å². The number of unbranched alkanes of at least 4 members (excludes halogenated alkanes) is 1. The Labute approximate surface area is 120 Å². The van der Waals surface area contributed by atoms with Crippen LogP contribution in [0.25, 0.3) is 0 Å². The van der Waals surface area contributed by atoms with Crippen LogP contribution in [-0.4, -0.2) is 22.5 Å². The van der Waals surface area contributed by atoms with Gasteiger partial charge in [0.25, 0.3) is 0 Å². The molecular weight excluding hydrogens is 310 g/mol. The SMILES string of the molecule is CCCCOC(=S)[S-].COC(=S)[S-].[Zn+2]. The number of ether oxygens (including phenoxy) is 2. The Bertz CT molecular complexity index is 155. The quantitative estimate of drug-likeness (QED) is 0.340. The third-order valence-corrected chi connectivity index (χ3v) is 1.45. The number of methoxy groups -OCH3 is 1. The zero-order chi connectivity index (χ0) is 10.7. The number of rotatable bonds is 3. The van der Waals surface area contributed by atoms with E-state index in [4.69, 9.17) is 4.74 Å². The molecule has 0 saturated heterocycles. The van der Waals surface area contributed by atoms with Gasteiger partial charge in [0.15, 0.2) is 0 Å². The van der Waals surface area contributed by atoms with Gasteiger partial charge in [0.05, 0.1) is 13.7 Å². The van der Waals surface area contributed by atoms with Crippen molar-refractivity contribution in [3.63, 3.8) is 0 Å². The first-order valence-corrected chi connectivity index (χ1v) is 5.26. The van der Waals surface area contributed by atoms with Crippen LogP contribution in [0.15, 0.2) is 0 Å². The summed E-state index contributed by atoms with van der Waals surface area (Å²) >= 11 is 17.6. The summed E-state index contributed by atoms with van der Waals surface area (Å²) < 4.78 is 9.53. The van der Waals surface area contributed by atoms with Gasteiger partial charge in [-0.1, -0.05) is 13.3 Å². The first-order valence-electron chi connectivity index (χ1n) is 3.63. The molecule has 0 N–H and O–H groups in total. The van der Waals surface area contributed by atoms with E-state index in [1.807, 2.05) is 0 Å². The second-order valence-electron chi connectivity index (χ2n) is 1.91. The molecule has 0 aromatic carbocycles. The van der Waals surface area contributed by atoms with Gasteiger partial charge in [-0.15, -0.1) is 0 Å². The Morgan fingerprint density at radius 2 is 1.64 bits per heavy atom. The van der Waals surface area contributed by atoms with E-state index in [1.165, 1.54) is 7.11 Å². The third kappa shape index (κ3) is 29.3. The molecule has 0 fully saturated rings. The molecule has 0 aromatic heterocycles. The van der Waals surface area contributed by atoms with Gasteiger partial charge in [-0.3, -0.25) is 0 Å². The Morgan fingerprint density at radius 3 is 1.86 bits per heavy atom. The van der Waals surface area contributed by atoms with E-state index in [-0.39, 0.29) is 28.2 Å². The molecule has 0 aliphatic rings. The Morgan fingerprint density at radius 1 is 1.21 bits per heavy atom. The number of thiocarbonyl (C=S) groups is 2. The molecule has 0 heterocycles. The fourth-order valence-electron chi connectivity index (χ4n) is 0.300. The van der Waals surface area contributed by atoms with Crippen molar-refractivity contribution in [2.24, 2.45) is 0 Å². The van der Waals surface area contributed by atoms with Crippen LogP contribution in [-0.2, 0) is 54.2 Å². The average Bonchev–Trinajstić information content (AvgIpc) is 2.05. The van der Waals surface area contributed by atoms with Gasteiger partial charge in [0, 0.05) is 8.77 Å². The van der Waals surface area contributed by atoms with Crippen LogP contribution >= 0.6 is 24.4 Å². The maximum atomic E-state index is 4.83. The number of hydrogen-bond donors (Lipinski definition) is 0.